The molecule has 0 unspecified atom stereocenters. The molecule has 6 nitrogen and oxygen atoms in total. The van der Waals surface area contributed by atoms with Gasteiger partial charge in [0.05, 0.1) is 6.61 Å². The van der Waals surface area contributed by atoms with Gasteiger partial charge in [-0.15, -0.1) is 0 Å². The summed E-state index contributed by atoms with van der Waals surface area (Å²) in [5.41, 5.74) is 1.26. The zero-order valence-electron chi connectivity index (χ0n) is 13.6. The van der Waals surface area contributed by atoms with Gasteiger partial charge in [0.1, 0.15) is 17.4 Å². The molecule has 126 valence electrons. The predicted molar refractivity (Wildman–Crippen MR) is 92.4 cm³/mol. The van der Waals surface area contributed by atoms with Crippen molar-refractivity contribution < 1.29 is 19.0 Å². The predicted octanol–water partition coefficient (Wildman–Crippen LogP) is 3.36. The number of nitriles is 1. The molecule has 0 atom stereocenters. The lowest BCUT2D eigenvalue weighted by Gasteiger charge is -2.06. The molecule has 1 aliphatic heterocycles. The molecule has 1 amide bonds. The molecule has 0 aliphatic carbocycles. The maximum atomic E-state index is 12.3. The van der Waals surface area contributed by atoms with Crippen molar-refractivity contribution in [3.8, 4) is 23.3 Å². The Morgan fingerprint density at radius 3 is 2.72 bits per heavy atom. The first-order valence-electron chi connectivity index (χ1n) is 7.75. The fourth-order valence-corrected chi connectivity index (χ4v) is 2.32. The second-order valence-electron chi connectivity index (χ2n) is 5.19. The van der Waals surface area contributed by atoms with Crippen LogP contribution in [0, 0.1) is 11.3 Å². The van der Waals surface area contributed by atoms with Crippen molar-refractivity contribution in [2.24, 2.45) is 0 Å². The lowest BCUT2D eigenvalue weighted by Crippen LogP contribution is -2.13. The van der Waals surface area contributed by atoms with E-state index >= 15 is 0 Å². The molecule has 0 spiro atoms. The molecular formula is C19H16N2O4. The van der Waals surface area contributed by atoms with Gasteiger partial charge in [-0.1, -0.05) is 6.07 Å². The monoisotopic (exact) mass is 336 g/mol. The van der Waals surface area contributed by atoms with E-state index in [9.17, 15) is 10.1 Å². The standard InChI is InChI=1S/C19H16N2O4/c1-2-23-16-6-4-15(5-7-16)21-19(22)14(11-20)9-13-3-8-17-18(10-13)25-12-24-17/h3-10H,2,12H2,1H3,(H,21,22)/b14-9-. The van der Waals surface area contributed by atoms with Gasteiger partial charge < -0.3 is 19.5 Å². The van der Waals surface area contributed by atoms with Crippen molar-refractivity contribution in [3.63, 3.8) is 0 Å². The molecule has 2 aromatic carbocycles. The van der Waals surface area contributed by atoms with Crippen LogP contribution in [0.3, 0.4) is 0 Å². The summed E-state index contributed by atoms with van der Waals surface area (Å²) >= 11 is 0. The quantitative estimate of drug-likeness (QED) is 0.669. The van der Waals surface area contributed by atoms with Crippen molar-refractivity contribution in [2.45, 2.75) is 6.92 Å². The van der Waals surface area contributed by atoms with E-state index in [4.69, 9.17) is 14.2 Å². The highest BCUT2D eigenvalue weighted by molar-refractivity contribution is 6.09. The maximum absolute atomic E-state index is 12.3. The van der Waals surface area contributed by atoms with Gasteiger partial charge in [0.2, 0.25) is 6.79 Å². The Labute approximate surface area is 145 Å². The number of fused-ring (bicyclic) bond motifs is 1. The number of carbonyl (C=O) groups is 1. The van der Waals surface area contributed by atoms with E-state index in [0.717, 1.165) is 5.75 Å². The van der Waals surface area contributed by atoms with Crippen molar-refractivity contribution >= 4 is 17.7 Å². The van der Waals surface area contributed by atoms with Crippen LogP contribution in [0.5, 0.6) is 17.2 Å². The van der Waals surface area contributed by atoms with Crippen molar-refractivity contribution in [1.29, 1.82) is 5.26 Å². The average Bonchev–Trinajstić information content (AvgIpc) is 3.09. The highest BCUT2D eigenvalue weighted by atomic mass is 16.7. The Hall–Kier alpha value is -3.46. The average molecular weight is 336 g/mol. The smallest absolute Gasteiger partial charge is 0.266 e. The number of carbonyl (C=O) groups excluding carboxylic acids is 1. The second kappa shape index (κ2) is 7.41. The first kappa shape index (κ1) is 16.4. The number of anilines is 1. The second-order valence-corrected chi connectivity index (χ2v) is 5.19. The third kappa shape index (κ3) is 3.90. The number of nitrogens with one attached hydrogen (secondary N) is 1. The summed E-state index contributed by atoms with van der Waals surface area (Å²) in [6.07, 6.45) is 1.51. The van der Waals surface area contributed by atoms with Crippen LogP contribution in [-0.4, -0.2) is 19.3 Å². The lowest BCUT2D eigenvalue weighted by atomic mass is 10.1. The molecule has 1 aliphatic rings. The minimum absolute atomic E-state index is 0.00671. The molecule has 6 heteroatoms. The number of hydrogen-bond donors (Lipinski definition) is 1. The van der Waals surface area contributed by atoms with E-state index in [0.29, 0.717) is 29.4 Å². The van der Waals surface area contributed by atoms with Crippen LogP contribution < -0.4 is 19.5 Å². The van der Waals surface area contributed by atoms with Crippen LogP contribution in [0.25, 0.3) is 6.08 Å². The highest BCUT2D eigenvalue weighted by Crippen LogP contribution is 2.33. The Kier molecular flexibility index (Phi) is 4.86. The first-order valence-corrected chi connectivity index (χ1v) is 7.75. The summed E-state index contributed by atoms with van der Waals surface area (Å²) < 4.78 is 15.9. The SMILES string of the molecule is CCOc1ccc(NC(=O)/C(C#N)=C\c2ccc3c(c2)OCO3)cc1. The topological polar surface area (TPSA) is 80.6 Å². The number of benzene rings is 2. The molecule has 0 bridgehead atoms. The summed E-state index contributed by atoms with van der Waals surface area (Å²) in [6.45, 7) is 2.64. The molecule has 25 heavy (non-hydrogen) atoms. The molecule has 1 N–H and O–H groups in total. The van der Waals surface area contributed by atoms with Gasteiger partial charge in [-0.25, -0.2) is 0 Å². The maximum Gasteiger partial charge on any atom is 0.266 e. The van der Waals surface area contributed by atoms with Crippen LogP contribution >= 0.6 is 0 Å². The Bertz CT molecular complexity index is 851. The fraction of sp³-hybridized carbons (Fsp3) is 0.158. The molecule has 3 rings (SSSR count). The van der Waals surface area contributed by atoms with Gasteiger partial charge in [0.25, 0.3) is 5.91 Å². The highest BCUT2D eigenvalue weighted by Gasteiger charge is 2.14. The van der Waals surface area contributed by atoms with E-state index < -0.39 is 5.91 Å². The van der Waals surface area contributed by atoms with Gasteiger partial charge in [0, 0.05) is 5.69 Å². The van der Waals surface area contributed by atoms with E-state index in [2.05, 4.69) is 5.32 Å². The van der Waals surface area contributed by atoms with Crippen LogP contribution in [0.15, 0.2) is 48.0 Å². The number of rotatable bonds is 5. The number of hydrogen-bond acceptors (Lipinski definition) is 5. The van der Waals surface area contributed by atoms with Crippen LogP contribution in [0.1, 0.15) is 12.5 Å². The lowest BCUT2D eigenvalue weighted by molar-refractivity contribution is -0.112. The van der Waals surface area contributed by atoms with Gasteiger partial charge in [-0.05, 0) is 55.0 Å². The van der Waals surface area contributed by atoms with Crippen molar-refractivity contribution in [2.75, 3.05) is 18.7 Å². The third-order valence-corrected chi connectivity index (χ3v) is 3.50. The number of nitrogens with zero attached hydrogens (tertiary/aromatic N) is 1. The van der Waals surface area contributed by atoms with Crippen LogP contribution in [0.2, 0.25) is 0 Å². The fourth-order valence-electron chi connectivity index (χ4n) is 2.32. The van der Waals surface area contributed by atoms with Gasteiger partial charge in [-0.3, -0.25) is 4.79 Å². The Balaban J connectivity index is 1.73. The first-order chi connectivity index (χ1) is 12.2. The summed E-state index contributed by atoms with van der Waals surface area (Å²) in [4.78, 5) is 12.3. The zero-order chi connectivity index (χ0) is 17.6. The van der Waals surface area contributed by atoms with Crippen LogP contribution in [0.4, 0.5) is 5.69 Å². The molecular weight excluding hydrogens is 320 g/mol. The van der Waals surface area contributed by atoms with Crippen molar-refractivity contribution in [3.05, 3.63) is 53.6 Å². The Morgan fingerprint density at radius 2 is 2.00 bits per heavy atom. The number of ether oxygens (including phenoxy) is 3. The molecule has 0 aromatic heterocycles. The Morgan fingerprint density at radius 1 is 1.24 bits per heavy atom. The van der Waals surface area contributed by atoms with E-state index in [1.165, 1.54) is 6.08 Å². The molecule has 0 saturated heterocycles. The summed E-state index contributed by atoms with van der Waals surface area (Å²) in [6, 6.07) is 14.1. The van der Waals surface area contributed by atoms with E-state index in [1.807, 2.05) is 13.0 Å². The van der Waals surface area contributed by atoms with Crippen LogP contribution in [-0.2, 0) is 4.79 Å². The largest absolute Gasteiger partial charge is 0.494 e. The summed E-state index contributed by atoms with van der Waals surface area (Å²) in [5, 5.41) is 12.0. The summed E-state index contributed by atoms with van der Waals surface area (Å²) in [7, 11) is 0. The molecule has 0 saturated carbocycles. The third-order valence-electron chi connectivity index (χ3n) is 3.50. The van der Waals surface area contributed by atoms with Gasteiger partial charge in [0.15, 0.2) is 11.5 Å². The molecule has 0 fully saturated rings. The molecule has 2 aromatic rings. The minimum Gasteiger partial charge on any atom is -0.494 e. The van der Waals surface area contributed by atoms with Gasteiger partial charge >= 0.3 is 0 Å². The minimum atomic E-state index is -0.482. The molecule has 0 radical (unpaired) electrons. The van der Waals surface area contributed by atoms with Crippen molar-refractivity contribution in [1.82, 2.24) is 0 Å². The van der Waals surface area contributed by atoms with E-state index in [-0.39, 0.29) is 12.4 Å². The number of amides is 1. The van der Waals surface area contributed by atoms with Gasteiger partial charge in [-0.2, -0.15) is 5.26 Å². The summed E-state index contributed by atoms with van der Waals surface area (Å²) in [5.74, 6) is 1.48. The zero-order valence-corrected chi connectivity index (χ0v) is 13.6. The molecule has 1 heterocycles. The normalized spacial score (nSPS) is 12.4. The van der Waals surface area contributed by atoms with E-state index in [1.54, 1.807) is 42.5 Å².